The first-order chi connectivity index (χ1) is 8.63. The first-order valence-corrected chi connectivity index (χ1v) is 5.57. The van der Waals surface area contributed by atoms with Gasteiger partial charge in [-0.25, -0.2) is 9.78 Å². The number of nitrogen functional groups attached to an aromatic ring is 1. The lowest BCUT2D eigenvalue weighted by molar-refractivity contribution is 0.0596. The second kappa shape index (κ2) is 4.91. The topological polar surface area (TPSA) is 70.1 Å². The third-order valence-corrected chi connectivity index (χ3v) is 2.86. The van der Waals surface area contributed by atoms with Crippen LogP contribution in [0.2, 0.25) is 0 Å². The van der Waals surface area contributed by atoms with Crippen LogP contribution in [0.25, 0.3) is 0 Å². The summed E-state index contributed by atoms with van der Waals surface area (Å²) in [5.74, 6) is -0.193. The van der Waals surface area contributed by atoms with Gasteiger partial charge in [-0.1, -0.05) is 24.3 Å². The van der Waals surface area contributed by atoms with Gasteiger partial charge in [0.1, 0.15) is 5.82 Å². The molecule has 0 spiro atoms. The van der Waals surface area contributed by atoms with E-state index in [0.29, 0.717) is 12.4 Å². The molecule has 0 unspecified atom stereocenters. The molecule has 0 atom stereocenters. The molecule has 0 aliphatic rings. The standard InChI is InChI=1S/C13H15N3O2/c1-9-5-3-4-6-10(9)7-16-8-15-11(12(16)14)13(17)18-2/h3-6,8H,7,14H2,1-2H3. The summed E-state index contributed by atoms with van der Waals surface area (Å²) in [5, 5.41) is 0. The lowest BCUT2D eigenvalue weighted by Crippen LogP contribution is -2.09. The van der Waals surface area contributed by atoms with Crippen molar-refractivity contribution in [1.82, 2.24) is 9.55 Å². The number of nitrogens with zero attached hydrogens (tertiary/aromatic N) is 2. The van der Waals surface area contributed by atoms with E-state index in [4.69, 9.17) is 5.73 Å². The number of benzene rings is 1. The van der Waals surface area contributed by atoms with Crippen molar-refractivity contribution in [3.8, 4) is 0 Å². The van der Waals surface area contributed by atoms with E-state index in [-0.39, 0.29) is 5.69 Å². The average Bonchev–Trinajstić information content (AvgIpc) is 2.73. The van der Waals surface area contributed by atoms with Crippen LogP contribution in [0.4, 0.5) is 5.82 Å². The summed E-state index contributed by atoms with van der Waals surface area (Å²) in [5.41, 5.74) is 8.34. The first kappa shape index (κ1) is 12.2. The van der Waals surface area contributed by atoms with E-state index < -0.39 is 5.97 Å². The summed E-state index contributed by atoms with van der Waals surface area (Å²) in [6.45, 7) is 2.62. The predicted molar refractivity (Wildman–Crippen MR) is 68.3 cm³/mol. The Hall–Kier alpha value is -2.30. The van der Waals surface area contributed by atoms with Gasteiger partial charge in [-0.3, -0.25) is 0 Å². The van der Waals surface area contributed by atoms with Crippen molar-refractivity contribution in [2.24, 2.45) is 0 Å². The number of hydrogen-bond acceptors (Lipinski definition) is 4. The lowest BCUT2D eigenvalue weighted by atomic mass is 10.1. The second-order valence-electron chi connectivity index (χ2n) is 4.02. The van der Waals surface area contributed by atoms with Gasteiger partial charge in [0.05, 0.1) is 20.0 Å². The van der Waals surface area contributed by atoms with Crippen molar-refractivity contribution in [2.45, 2.75) is 13.5 Å². The van der Waals surface area contributed by atoms with E-state index in [9.17, 15) is 4.79 Å². The average molecular weight is 245 g/mol. The molecule has 1 aromatic carbocycles. The molecule has 2 rings (SSSR count). The fourth-order valence-electron chi connectivity index (χ4n) is 1.74. The molecule has 5 heteroatoms. The minimum Gasteiger partial charge on any atom is -0.464 e. The number of hydrogen-bond donors (Lipinski definition) is 1. The van der Waals surface area contributed by atoms with E-state index in [1.54, 1.807) is 10.9 Å². The number of carbonyl (C=O) groups is 1. The van der Waals surface area contributed by atoms with E-state index in [0.717, 1.165) is 5.56 Å². The number of imidazole rings is 1. The molecule has 0 amide bonds. The molecular formula is C13H15N3O2. The van der Waals surface area contributed by atoms with Crippen molar-refractivity contribution < 1.29 is 9.53 Å². The van der Waals surface area contributed by atoms with Crippen molar-refractivity contribution in [3.63, 3.8) is 0 Å². The molecule has 18 heavy (non-hydrogen) atoms. The Kier molecular flexibility index (Phi) is 3.32. The number of carbonyl (C=O) groups excluding carboxylic acids is 1. The summed E-state index contributed by atoms with van der Waals surface area (Å²) in [4.78, 5) is 15.4. The normalized spacial score (nSPS) is 10.3. The number of esters is 1. The quantitative estimate of drug-likeness (QED) is 0.834. The number of aromatic nitrogens is 2. The molecule has 2 aromatic rings. The molecule has 94 valence electrons. The maximum atomic E-state index is 11.4. The minimum atomic E-state index is -0.518. The highest BCUT2D eigenvalue weighted by atomic mass is 16.5. The van der Waals surface area contributed by atoms with Crippen LogP contribution < -0.4 is 5.73 Å². The van der Waals surface area contributed by atoms with Crippen LogP contribution in [-0.4, -0.2) is 22.6 Å². The fraction of sp³-hybridized carbons (Fsp3) is 0.231. The van der Waals surface area contributed by atoms with Crippen molar-refractivity contribution in [3.05, 3.63) is 47.4 Å². The number of ether oxygens (including phenoxy) is 1. The molecule has 1 heterocycles. The van der Waals surface area contributed by atoms with Crippen molar-refractivity contribution >= 4 is 11.8 Å². The smallest absolute Gasteiger partial charge is 0.360 e. The van der Waals surface area contributed by atoms with Crippen LogP contribution in [0.1, 0.15) is 21.6 Å². The van der Waals surface area contributed by atoms with E-state index in [1.165, 1.54) is 12.7 Å². The molecule has 5 nitrogen and oxygen atoms in total. The van der Waals surface area contributed by atoms with Crippen molar-refractivity contribution in [1.29, 1.82) is 0 Å². The highest BCUT2D eigenvalue weighted by molar-refractivity contribution is 5.92. The van der Waals surface area contributed by atoms with Gasteiger partial charge in [0.25, 0.3) is 0 Å². The minimum absolute atomic E-state index is 0.158. The molecule has 0 fully saturated rings. The fourth-order valence-corrected chi connectivity index (χ4v) is 1.74. The third-order valence-electron chi connectivity index (χ3n) is 2.86. The van der Waals surface area contributed by atoms with Gasteiger partial charge < -0.3 is 15.0 Å². The molecule has 0 aliphatic heterocycles. The SMILES string of the molecule is COC(=O)c1ncn(Cc2ccccc2C)c1N. The largest absolute Gasteiger partial charge is 0.464 e. The van der Waals surface area contributed by atoms with Gasteiger partial charge in [0, 0.05) is 0 Å². The van der Waals surface area contributed by atoms with E-state index >= 15 is 0 Å². The van der Waals surface area contributed by atoms with Crippen LogP contribution in [0.5, 0.6) is 0 Å². The van der Waals surface area contributed by atoms with Crippen LogP contribution >= 0.6 is 0 Å². The Bertz CT molecular complexity index is 575. The number of anilines is 1. The summed E-state index contributed by atoms with van der Waals surface area (Å²) in [6, 6.07) is 8.00. The highest BCUT2D eigenvalue weighted by Gasteiger charge is 2.16. The zero-order valence-electron chi connectivity index (χ0n) is 10.4. The van der Waals surface area contributed by atoms with Crippen LogP contribution in [0.15, 0.2) is 30.6 Å². The van der Waals surface area contributed by atoms with Gasteiger partial charge in [-0.2, -0.15) is 0 Å². The number of rotatable bonds is 3. The Balaban J connectivity index is 2.29. The molecule has 0 bridgehead atoms. The van der Waals surface area contributed by atoms with Crippen molar-refractivity contribution in [2.75, 3.05) is 12.8 Å². The molecule has 0 saturated carbocycles. The zero-order valence-corrected chi connectivity index (χ0v) is 10.4. The van der Waals surface area contributed by atoms with Crippen LogP contribution in [0.3, 0.4) is 0 Å². The third kappa shape index (κ3) is 2.20. The maximum Gasteiger partial charge on any atom is 0.360 e. The predicted octanol–water partition coefficient (Wildman–Crippen LogP) is 1.61. The lowest BCUT2D eigenvalue weighted by Gasteiger charge is -2.08. The van der Waals surface area contributed by atoms with Gasteiger partial charge in [-0.15, -0.1) is 0 Å². The Labute approximate surface area is 105 Å². The van der Waals surface area contributed by atoms with Gasteiger partial charge in [-0.05, 0) is 18.1 Å². The van der Waals surface area contributed by atoms with Gasteiger partial charge in [0.2, 0.25) is 0 Å². The number of aryl methyl sites for hydroxylation is 1. The highest BCUT2D eigenvalue weighted by Crippen LogP contribution is 2.15. The number of nitrogens with two attached hydrogens (primary N) is 1. The van der Waals surface area contributed by atoms with E-state index in [2.05, 4.69) is 9.72 Å². The molecule has 1 aromatic heterocycles. The Morgan fingerprint density at radius 2 is 2.17 bits per heavy atom. The molecule has 0 saturated heterocycles. The Morgan fingerprint density at radius 3 is 2.83 bits per heavy atom. The van der Waals surface area contributed by atoms with Crippen LogP contribution in [-0.2, 0) is 11.3 Å². The Morgan fingerprint density at radius 1 is 1.44 bits per heavy atom. The van der Waals surface area contributed by atoms with E-state index in [1.807, 2.05) is 31.2 Å². The molecular weight excluding hydrogens is 230 g/mol. The summed E-state index contributed by atoms with van der Waals surface area (Å²) < 4.78 is 6.34. The summed E-state index contributed by atoms with van der Waals surface area (Å²) in [6.07, 6.45) is 1.55. The first-order valence-electron chi connectivity index (χ1n) is 5.57. The van der Waals surface area contributed by atoms with Crippen LogP contribution in [0, 0.1) is 6.92 Å². The maximum absolute atomic E-state index is 11.4. The summed E-state index contributed by atoms with van der Waals surface area (Å²) in [7, 11) is 1.31. The molecule has 0 radical (unpaired) electrons. The second-order valence-corrected chi connectivity index (χ2v) is 4.02. The van der Waals surface area contributed by atoms with Gasteiger partial charge >= 0.3 is 5.97 Å². The zero-order chi connectivity index (χ0) is 13.1. The monoisotopic (exact) mass is 245 g/mol. The molecule has 2 N–H and O–H groups in total. The molecule has 0 aliphatic carbocycles. The van der Waals surface area contributed by atoms with Gasteiger partial charge in [0.15, 0.2) is 5.69 Å². The summed E-state index contributed by atoms with van der Waals surface area (Å²) >= 11 is 0. The number of methoxy groups -OCH3 is 1.